The van der Waals surface area contributed by atoms with Gasteiger partial charge in [0.05, 0.1) is 13.5 Å². The van der Waals surface area contributed by atoms with E-state index in [-0.39, 0.29) is 12.1 Å². The third-order valence-corrected chi connectivity index (χ3v) is 3.36. The van der Waals surface area contributed by atoms with Crippen molar-refractivity contribution in [3.05, 3.63) is 41.6 Å². The van der Waals surface area contributed by atoms with Gasteiger partial charge >= 0.3 is 5.97 Å². The van der Waals surface area contributed by atoms with Crippen molar-refractivity contribution < 1.29 is 23.9 Å². The number of amides is 3. The highest BCUT2D eigenvalue weighted by atomic mass is 16.5. The van der Waals surface area contributed by atoms with Crippen LogP contribution in [0.2, 0.25) is 0 Å². The number of methoxy groups -OCH3 is 1. The van der Waals surface area contributed by atoms with E-state index in [1.165, 1.54) is 20.1 Å². The molecule has 0 unspecified atom stereocenters. The third kappa shape index (κ3) is 3.63. The first kappa shape index (κ1) is 16.4. The molecular formula is C16H16N2O5. The quantitative estimate of drug-likeness (QED) is 0.646. The molecule has 1 atom stereocenters. The molecule has 23 heavy (non-hydrogen) atoms. The lowest BCUT2D eigenvalue weighted by Gasteiger charge is -2.33. The number of ether oxygens (including phenoxy) is 1. The number of nitrogens with one attached hydrogen (secondary N) is 1. The zero-order valence-electron chi connectivity index (χ0n) is 12.7. The van der Waals surface area contributed by atoms with Gasteiger partial charge in [-0.1, -0.05) is 30.3 Å². The molecule has 1 saturated heterocycles. The van der Waals surface area contributed by atoms with Crippen LogP contribution in [0.3, 0.4) is 0 Å². The van der Waals surface area contributed by atoms with Gasteiger partial charge in [-0.15, -0.1) is 0 Å². The largest absolute Gasteiger partial charge is 0.469 e. The Labute approximate surface area is 132 Å². The molecule has 0 radical (unpaired) electrons. The smallest absolute Gasteiger partial charge is 0.308 e. The molecule has 0 spiro atoms. The maximum Gasteiger partial charge on any atom is 0.308 e. The second-order valence-electron chi connectivity index (χ2n) is 4.95. The van der Waals surface area contributed by atoms with Gasteiger partial charge in [-0.2, -0.15) is 0 Å². The zero-order valence-corrected chi connectivity index (χ0v) is 12.7. The van der Waals surface area contributed by atoms with Crippen LogP contribution in [0.25, 0.3) is 6.08 Å². The fourth-order valence-electron chi connectivity index (χ4n) is 2.26. The Morgan fingerprint density at radius 3 is 2.48 bits per heavy atom. The van der Waals surface area contributed by atoms with E-state index in [1.54, 1.807) is 24.3 Å². The normalized spacial score (nSPS) is 19.5. The van der Waals surface area contributed by atoms with Crippen LogP contribution in [0, 0.1) is 0 Å². The summed E-state index contributed by atoms with van der Waals surface area (Å²) in [5.74, 6) is -2.56. The predicted molar refractivity (Wildman–Crippen MR) is 80.5 cm³/mol. The maximum atomic E-state index is 12.5. The Bertz CT molecular complexity index is 681. The molecule has 2 rings (SSSR count). The average Bonchev–Trinajstić information content (AvgIpc) is 2.52. The van der Waals surface area contributed by atoms with E-state index >= 15 is 0 Å². The number of benzene rings is 1. The lowest BCUT2D eigenvalue weighted by molar-refractivity contribution is -0.155. The highest BCUT2D eigenvalue weighted by Gasteiger charge is 2.41. The van der Waals surface area contributed by atoms with Crippen molar-refractivity contribution in [3.63, 3.8) is 0 Å². The van der Waals surface area contributed by atoms with Gasteiger partial charge in [0.15, 0.2) is 0 Å². The molecule has 120 valence electrons. The minimum atomic E-state index is -1.21. The molecular weight excluding hydrogens is 300 g/mol. The number of hydrogen-bond acceptors (Lipinski definition) is 5. The second kappa shape index (κ2) is 6.87. The van der Waals surface area contributed by atoms with Gasteiger partial charge in [-0.25, -0.2) is 0 Å². The summed E-state index contributed by atoms with van der Waals surface area (Å²) < 4.78 is 4.50. The van der Waals surface area contributed by atoms with Crippen LogP contribution in [0.4, 0.5) is 0 Å². The topological polar surface area (TPSA) is 92.8 Å². The first-order valence-corrected chi connectivity index (χ1v) is 6.92. The van der Waals surface area contributed by atoms with Gasteiger partial charge in [0.2, 0.25) is 11.8 Å². The Morgan fingerprint density at radius 2 is 1.91 bits per heavy atom. The fraction of sp³-hybridized carbons (Fsp3) is 0.250. The Hall–Kier alpha value is -2.96. The molecule has 1 aliphatic heterocycles. The molecule has 0 bridgehead atoms. The van der Waals surface area contributed by atoms with Crippen LogP contribution in [-0.2, 0) is 23.9 Å². The number of carbonyl (C=O) groups is 4. The van der Waals surface area contributed by atoms with Gasteiger partial charge < -0.3 is 10.1 Å². The van der Waals surface area contributed by atoms with Crippen molar-refractivity contribution in [3.8, 4) is 0 Å². The van der Waals surface area contributed by atoms with Gasteiger partial charge in [-0.05, 0) is 11.6 Å². The molecule has 3 amide bonds. The van der Waals surface area contributed by atoms with E-state index in [9.17, 15) is 19.2 Å². The summed E-state index contributed by atoms with van der Waals surface area (Å²) in [5.41, 5.74) is 0.684. The van der Waals surface area contributed by atoms with E-state index in [2.05, 4.69) is 10.1 Å². The summed E-state index contributed by atoms with van der Waals surface area (Å²) in [4.78, 5) is 48.6. The molecule has 1 fully saturated rings. The lowest BCUT2D eigenvalue weighted by atomic mass is 10.1. The van der Waals surface area contributed by atoms with Gasteiger partial charge in [0, 0.05) is 6.92 Å². The molecule has 0 aromatic heterocycles. The average molecular weight is 316 g/mol. The Balaban J connectivity index is 2.34. The van der Waals surface area contributed by atoms with Crippen LogP contribution >= 0.6 is 0 Å². The minimum absolute atomic E-state index is 0.0162. The summed E-state index contributed by atoms with van der Waals surface area (Å²) in [6.07, 6.45) is 1.09. The molecule has 1 aromatic carbocycles. The molecule has 7 nitrogen and oxygen atoms in total. The summed E-state index contributed by atoms with van der Waals surface area (Å²) >= 11 is 0. The lowest BCUT2D eigenvalue weighted by Crippen LogP contribution is -2.59. The van der Waals surface area contributed by atoms with Crippen molar-refractivity contribution >= 4 is 29.8 Å². The minimum Gasteiger partial charge on any atom is -0.469 e. The molecule has 0 aliphatic carbocycles. The number of esters is 1. The van der Waals surface area contributed by atoms with Gasteiger partial charge in [0.25, 0.3) is 5.91 Å². The number of piperazine rings is 1. The first-order chi connectivity index (χ1) is 10.9. The van der Waals surface area contributed by atoms with Crippen molar-refractivity contribution in [1.82, 2.24) is 10.2 Å². The number of carbonyl (C=O) groups excluding carboxylic acids is 4. The van der Waals surface area contributed by atoms with E-state index in [1.807, 2.05) is 6.07 Å². The van der Waals surface area contributed by atoms with E-state index in [0.717, 1.165) is 4.90 Å². The van der Waals surface area contributed by atoms with Crippen molar-refractivity contribution in [1.29, 1.82) is 0 Å². The van der Waals surface area contributed by atoms with Gasteiger partial charge in [0.1, 0.15) is 11.7 Å². The third-order valence-electron chi connectivity index (χ3n) is 3.36. The molecule has 1 aliphatic rings. The standard InChI is InChI=1S/C16H16N2O5/c1-10(19)18-13(9-14(20)23-2)15(21)17-12(16(18)22)8-11-6-4-3-5-7-11/h3-8,13H,9H2,1-2H3,(H,17,21)/t13-/m0/s1. The van der Waals surface area contributed by atoms with E-state index in [4.69, 9.17) is 0 Å². The summed E-state index contributed by atoms with van der Waals surface area (Å²) in [5, 5.41) is 2.45. The van der Waals surface area contributed by atoms with Crippen LogP contribution in [0.5, 0.6) is 0 Å². The van der Waals surface area contributed by atoms with Gasteiger partial charge in [-0.3, -0.25) is 24.1 Å². The first-order valence-electron chi connectivity index (χ1n) is 6.92. The van der Waals surface area contributed by atoms with Crippen LogP contribution in [0.1, 0.15) is 18.9 Å². The molecule has 1 N–H and O–H groups in total. The van der Waals surface area contributed by atoms with Crippen molar-refractivity contribution in [2.75, 3.05) is 7.11 Å². The van der Waals surface area contributed by atoms with Crippen molar-refractivity contribution in [2.45, 2.75) is 19.4 Å². The van der Waals surface area contributed by atoms with E-state index in [0.29, 0.717) is 5.56 Å². The molecule has 1 heterocycles. The van der Waals surface area contributed by atoms with Crippen LogP contribution in [0.15, 0.2) is 36.0 Å². The second-order valence-corrected chi connectivity index (χ2v) is 4.95. The van der Waals surface area contributed by atoms with E-state index < -0.39 is 29.7 Å². The summed E-state index contributed by atoms with van der Waals surface area (Å²) in [6.45, 7) is 1.17. The van der Waals surface area contributed by atoms with Crippen LogP contribution < -0.4 is 5.32 Å². The SMILES string of the molecule is COC(=O)C[C@H]1C(=O)NC(=Cc2ccccc2)C(=O)N1C(C)=O. The number of hydrogen-bond donors (Lipinski definition) is 1. The zero-order chi connectivity index (χ0) is 17.0. The highest BCUT2D eigenvalue weighted by molar-refractivity contribution is 6.14. The molecule has 1 aromatic rings. The van der Waals surface area contributed by atoms with Crippen molar-refractivity contribution in [2.24, 2.45) is 0 Å². The monoisotopic (exact) mass is 316 g/mol. The number of rotatable bonds is 3. The molecule has 0 saturated carbocycles. The fourth-order valence-corrected chi connectivity index (χ4v) is 2.26. The summed E-state index contributed by atoms with van der Waals surface area (Å²) in [7, 11) is 1.17. The summed E-state index contributed by atoms with van der Waals surface area (Å²) in [6, 6.07) is 7.68. The number of nitrogens with zero attached hydrogens (tertiary/aromatic N) is 1. The highest BCUT2D eigenvalue weighted by Crippen LogP contribution is 2.18. The van der Waals surface area contributed by atoms with Crippen LogP contribution in [-0.4, -0.2) is 41.7 Å². The maximum absolute atomic E-state index is 12.5. The Morgan fingerprint density at radius 1 is 1.26 bits per heavy atom. The Kier molecular flexibility index (Phi) is 4.90. The predicted octanol–water partition coefficient (Wildman–Crippen LogP) is 0.464. The number of imide groups is 1. The molecule has 7 heteroatoms.